The molecule has 2 aromatic carbocycles. The predicted octanol–water partition coefficient (Wildman–Crippen LogP) is 2.95. The molecule has 0 atom stereocenters. The van der Waals surface area contributed by atoms with Crippen LogP contribution in [0.25, 0.3) is 0 Å². The van der Waals surface area contributed by atoms with Gasteiger partial charge in [0.2, 0.25) is 10.0 Å². The number of nitrogens with zero attached hydrogens (tertiary/aromatic N) is 2. The highest BCUT2D eigenvalue weighted by molar-refractivity contribution is 7.89. The molecule has 0 saturated heterocycles. The van der Waals surface area contributed by atoms with E-state index in [1.165, 1.54) is 30.2 Å². The second kappa shape index (κ2) is 7.77. The molecule has 1 aliphatic rings. The van der Waals surface area contributed by atoms with Crippen LogP contribution in [0.1, 0.15) is 15.9 Å². The molecule has 9 heteroatoms. The molecule has 0 saturated carbocycles. The van der Waals surface area contributed by atoms with Crippen molar-refractivity contribution in [3.8, 4) is 17.2 Å². The first-order valence-electron chi connectivity index (χ1n) is 9.07. The minimum Gasteiger partial charge on any atom is -0.496 e. The standard InChI is InChI=1S/C21H19N3O5S/c1-24-20-19(8-5-11-22-20)29-18-10-9-15(12-16(18)21(24)25)30(26,27)23-13-14-6-3-4-7-17(14)28-2/h3-12,23H,13H2,1-2H3. The molecule has 0 radical (unpaired) electrons. The molecule has 154 valence electrons. The number of sulfonamides is 1. The molecule has 1 aromatic heterocycles. The molecule has 8 nitrogen and oxygen atoms in total. The van der Waals surface area contributed by atoms with Gasteiger partial charge in [0.1, 0.15) is 11.5 Å². The van der Waals surface area contributed by atoms with E-state index < -0.39 is 15.9 Å². The lowest BCUT2D eigenvalue weighted by atomic mass is 10.2. The highest BCUT2D eigenvalue weighted by atomic mass is 32.2. The molecule has 1 aliphatic heterocycles. The predicted molar refractivity (Wildman–Crippen MR) is 111 cm³/mol. The van der Waals surface area contributed by atoms with Gasteiger partial charge in [0.25, 0.3) is 5.91 Å². The molecule has 30 heavy (non-hydrogen) atoms. The van der Waals surface area contributed by atoms with Crippen molar-refractivity contribution in [2.75, 3.05) is 19.1 Å². The van der Waals surface area contributed by atoms with E-state index in [1.807, 2.05) is 0 Å². The molecule has 0 unspecified atom stereocenters. The summed E-state index contributed by atoms with van der Waals surface area (Å²) >= 11 is 0. The van der Waals surface area contributed by atoms with Crippen LogP contribution in [0.15, 0.2) is 65.7 Å². The number of hydrogen-bond acceptors (Lipinski definition) is 6. The Morgan fingerprint density at radius 1 is 1.10 bits per heavy atom. The molecule has 1 amide bonds. The minimum atomic E-state index is -3.88. The number of fused-ring (bicyclic) bond motifs is 2. The summed E-state index contributed by atoms with van der Waals surface area (Å²) < 4.78 is 39.3. The number of benzene rings is 2. The Morgan fingerprint density at radius 3 is 2.70 bits per heavy atom. The number of amides is 1. The third kappa shape index (κ3) is 3.60. The molecule has 4 rings (SSSR count). The smallest absolute Gasteiger partial charge is 0.263 e. The molecule has 2 heterocycles. The Bertz CT molecular complexity index is 1230. The lowest BCUT2D eigenvalue weighted by Crippen LogP contribution is -2.27. The van der Waals surface area contributed by atoms with Gasteiger partial charge in [0.15, 0.2) is 11.6 Å². The number of para-hydroxylation sites is 1. The maximum Gasteiger partial charge on any atom is 0.263 e. The van der Waals surface area contributed by atoms with Crippen LogP contribution >= 0.6 is 0 Å². The van der Waals surface area contributed by atoms with Gasteiger partial charge < -0.3 is 9.47 Å². The van der Waals surface area contributed by atoms with E-state index in [0.717, 1.165) is 0 Å². The average Bonchev–Trinajstić information content (AvgIpc) is 2.87. The number of aromatic nitrogens is 1. The van der Waals surface area contributed by atoms with Crippen molar-refractivity contribution in [1.29, 1.82) is 0 Å². The number of rotatable bonds is 5. The lowest BCUT2D eigenvalue weighted by molar-refractivity contribution is 0.0992. The van der Waals surface area contributed by atoms with Gasteiger partial charge in [0, 0.05) is 25.4 Å². The summed E-state index contributed by atoms with van der Waals surface area (Å²) in [7, 11) is -0.799. The summed E-state index contributed by atoms with van der Waals surface area (Å²) in [6.07, 6.45) is 1.56. The zero-order valence-corrected chi connectivity index (χ0v) is 17.1. The summed E-state index contributed by atoms with van der Waals surface area (Å²) in [5.41, 5.74) is 0.828. The molecular formula is C21H19N3O5S. The summed E-state index contributed by atoms with van der Waals surface area (Å²) in [6.45, 7) is 0.0448. The topological polar surface area (TPSA) is 97.8 Å². The third-order valence-electron chi connectivity index (χ3n) is 4.73. The monoisotopic (exact) mass is 425 g/mol. The summed E-state index contributed by atoms with van der Waals surface area (Å²) in [5, 5.41) is 0. The first-order chi connectivity index (χ1) is 14.4. The molecule has 3 aromatic rings. The second-order valence-corrected chi connectivity index (χ2v) is 8.35. The van der Waals surface area contributed by atoms with Gasteiger partial charge in [-0.1, -0.05) is 18.2 Å². The average molecular weight is 425 g/mol. The van der Waals surface area contributed by atoms with Crippen molar-refractivity contribution in [2.45, 2.75) is 11.4 Å². The summed E-state index contributed by atoms with van der Waals surface area (Å²) in [5.74, 6) is 1.21. The van der Waals surface area contributed by atoms with Gasteiger partial charge in [-0.05, 0) is 36.4 Å². The zero-order valence-electron chi connectivity index (χ0n) is 16.3. The van der Waals surface area contributed by atoms with Gasteiger partial charge in [-0.15, -0.1) is 0 Å². The second-order valence-electron chi connectivity index (χ2n) is 6.59. The van der Waals surface area contributed by atoms with Crippen LogP contribution in [0.5, 0.6) is 17.2 Å². The summed E-state index contributed by atoms with van der Waals surface area (Å²) in [4.78, 5) is 18.4. The van der Waals surface area contributed by atoms with Crippen LogP contribution in [0.3, 0.4) is 0 Å². The molecular weight excluding hydrogens is 406 g/mol. The van der Waals surface area contributed by atoms with E-state index in [4.69, 9.17) is 9.47 Å². The Kier molecular flexibility index (Phi) is 5.15. The summed E-state index contributed by atoms with van der Waals surface area (Å²) in [6, 6.07) is 14.7. The number of hydrogen-bond donors (Lipinski definition) is 1. The van der Waals surface area contributed by atoms with E-state index >= 15 is 0 Å². The van der Waals surface area contributed by atoms with Crippen LogP contribution in [-0.2, 0) is 16.6 Å². The number of carbonyl (C=O) groups is 1. The first-order valence-corrected chi connectivity index (χ1v) is 10.6. The van der Waals surface area contributed by atoms with Gasteiger partial charge in [-0.25, -0.2) is 18.1 Å². The number of nitrogens with one attached hydrogen (secondary N) is 1. The van der Waals surface area contributed by atoms with E-state index in [9.17, 15) is 13.2 Å². The maximum absolute atomic E-state index is 12.9. The van der Waals surface area contributed by atoms with Crippen molar-refractivity contribution in [3.63, 3.8) is 0 Å². The molecule has 0 bridgehead atoms. The Hall–Kier alpha value is -3.43. The van der Waals surface area contributed by atoms with Crippen LogP contribution in [0, 0.1) is 0 Å². The molecule has 1 N–H and O–H groups in total. The quantitative estimate of drug-likeness (QED) is 0.675. The normalized spacial score (nSPS) is 13.1. The van der Waals surface area contributed by atoms with Crippen LogP contribution in [-0.4, -0.2) is 33.5 Å². The Labute approximate surface area is 174 Å². The molecule has 0 aliphatic carbocycles. The van der Waals surface area contributed by atoms with E-state index in [0.29, 0.717) is 22.9 Å². The number of ether oxygens (including phenoxy) is 2. The van der Waals surface area contributed by atoms with Gasteiger partial charge in [-0.2, -0.15) is 0 Å². The van der Waals surface area contributed by atoms with E-state index in [-0.39, 0.29) is 22.8 Å². The zero-order chi connectivity index (χ0) is 21.3. The number of methoxy groups -OCH3 is 1. The fourth-order valence-electron chi connectivity index (χ4n) is 3.15. The maximum atomic E-state index is 12.9. The van der Waals surface area contributed by atoms with E-state index in [2.05, 4.69) is 9.71 Å². The SMILES string of the molecule is COc1ccccc1CNS(=O)(=O)c1ccc2c(c1)C(=O)N(C)c1ncccc1O2. The van der Waals surface area contributed by atoms with Crippen molar-refractivity contribution < 1.29 is 22.7 Å². The highest BCUT2D eigenvalue weighted by Gasteiger charge is 2.28. The highest BCUT2D eigenvalue weighted by Crippen LogP contribution is 2.37. The third-order valence-corrected chi connectivity index (χ3v) is 6.13. The van der Waals surface area contributed by atoms with E-state index in [1.54, 1.807) is 49.6 Å². The van der Waals surface area contributed by atoms with Crippen LogP contribution in [0.4, 0.5) is 5.82 Å². The van der Waals surface area contributed by atoms with Crippen molar-refractivity contribution in [1.82, 2.24) is 9.71 Å². The number of anilines is 1. The van der Waals surface area contributed by atoms with Crippen LogP contribution < -0.4 is 19.1 Å². The van der Waals surface area contributed by atoms with Crippen molar-refractivity contribution >= 4 is 21.7 Å². The fourth-order valence-corrected chi connectivity index (χ4v) is 4.18. The Morgan fingerprint density at radius 2 is 1.90 bits per heavy atom. The first kappa shape index (κ1) is 19.9. The van der Waals surface area contributed by atoms with Gasteiger partial charge in [-0.3, -0.25) is 9.69 Å². The molecule has 0 spiro atoms. The van der Waals surface area contributed by atoms with Gasteiger partial charge >= 0.3 is 0 Å². The molecule has 0 fully saturated rings. The van der Waals surface area contributed by atoms with Crippen LogP contribution in [0.2, 0.25) is 0 Å². The Balaban J connectivity index is 1.65. The lowest BCUT2D eigenvalue weighted by Gasteiger charge is -2.14. The van der Waals surface area contributed by atoms with Crippen molar-refractivity contribution in [2.24, 2.45) is 0 Å². The number of pyridine rings is 1. The largest absolute Gasteiger partial charge is 0.496 e. The minimum absolute atomic E-state index is 0.0413. The van der Waals surface area contributed by atoms with Crippen molar-refractivity contribution in [3.05, 3.63) is 71.9 Å². The van der Waals surface area contributed by atoms with Gasteiger partial charge in [0.05, 0.1) is 17.6 Å². The number of carbonyl (C=O) groups excluding carboxylic acids is 1. The fraction of sp³-hybridized carbons (Fsp3) is 0.143.